The first-order valence-electron chi connectivity index (χ1n) is 8.37. The molecule has 0 saturated carbocycles. The second-order valence-electron chi connectivity index (χ2n) is 6.44. The Morgan fingerprint density at radius 1 is 1.26 bits per heavy atom. The number of ether oxygens (including phenoxy) is 1. The summed E-state index contributed by atoms with van der Waals surface area (Å²) in [5.41, 5.74) is 1.24. The Morgan fingerprint density at radius 3 is 2.65 bits per heavy atom. The lowest BCUT2D eigenvalue weighted by Crippen LogP contribution is -2.47. The summed E-state index contributed by atoms with van der Waals surface area (Å²) in [6.45, 7) is 1.57. The van der Waals surface area contributed by atoms with Crippen molar-refractivity contribution in [3.63, 3.8) is 0 Å². The molecule has 1 N–H and O–H groups in total. The minimum absolute atomic E-state index is 0.00518. The fourth-order valence-corrected chi connectivity index (χ4v) is 3.56. The van der Waals surface area contributed by atoms with Gasteiger partial charge in [0.2, 0.25) is 11.8 Å². The summed E-state index contributed by atoms with van der Waals surface area (Å²) in [6.07, 6.45) is 4.11. The highest BCUT2D eigenvalue weighted by atomic mass is 16.5. The number of amides is 2. The van der Waals surface area contributed by atoms with Crippen LogP contribution in [0.1, 0.15) is 31.2 Å². The number of methoxy groups -OCH3 is 1. The van der Waals surface area contributed by atoms with E-state index in [9.17, 15) is 9.59 Å². The molecule has 5 heteroatoms. The van der Waals surface area contributed by atoms with Gasteiger partial charge in [0.05, 0.1) is 7.11 Å². The maximum atomic E-state index is 12.4. The van der Waals surface area contributed by atoms with E-state index >= 15 is 0 Å². The minimum atomic E-state index is -0.298. The predicted molar refractivity (Wildman–Crippen MR) is 87.2 cm³/mol. The third kappa shape index (κ3) is 3.66. The molecule has 2 saturated heterocycles. The van der Waals surface area contributed by atoms with Crippen molar-refractivity contribution in [2.24, 2.45) is 5.92 Å². The molecule has 1 aromatic carbocycles. The molecular formula is C18H24N2O3. The highest BCUT2D eigenvalue weighted by molar-refractivity contribution is 5.90. The molecule has 0 spiro atoms. The largest absolute Gasteiger partial charge is 0.496 e. The fraction of sp³-hybridized carbons (Fsp3) is 0.556. The average Bonchev–Trinajstić information content (AvgIpc) is 3.02. The van der Waals surface area contributed by atoms with Gasteiger partial charge in [0, 0.05) is 19.5 Å². The number of piperidine rings is 1. The van der Waals surface area contributed by atoms with Gasteiger partial charge in [-0.3, -0.25) is 9.59 Å². The first kappa shape index (κ1) is 15.8. The highest BCUT2D eigenvalue weighted by Crippen LogP contribution is 2.27. The molecule has 2 heterocycles. The first-order chi connectivity index (χ1) is 11.2. The Kier molecular flexibility index (Phi) is 4.84. The standard InChI is InChI=1S/C18H24N2O3/c1-23-16-5-3-2-4-14(16)12-13-8-10-20(11-9-13)18(22)15-6-7-17(21)19-15/h2-5,13,15H,6-12H2,1H3,(H,19,21)/t15-/m0/s1. The topological polar surface area (TPSA) is 58.6 Å². The van der Waals surface area contributed by atoms with Crippen LogP contribution < -0.4 is 10.1 Å². The maximum Gasteiger partial charge on any atom is 0.245 e. The molecule has 0 bridgehead atoms. The van der Waals surface area contributed by atoms with Crippen LogP contribution in [0, 0.1) is 5.92 Å². The SMILES string of the molecule is COc1ccccc1CC1CCN(C(=O)[C@@H]2CCC(=O)N2)CC1. The van der Waals surface area contributed by atoms with Crippen LogP contribution in [-0.4, -0.2) is 43.0 Å². The van der Waals surface area contributed by atoms with E-state index < -0.39 is 0 Å². The van der Waals surface area contributed by atoms with Crippen molar-refractivity contribution in [2.75, 3.05) is 20.2 Å². The van der Waals surface area contributed by atoms with Gasteiger partial charge in [-0.1, -0.05) is 18.2 Å². The summed E-state index contributed by atoms with van der Waals surface area (Å²) >= 11 is 0. The smallest absolute Gasteiger partial charge is 0.245 e. The molecule has 1 aromatic rings. The Hall–Kier alpha value is -2.04. The van der Waals surface area contributed by atoms with Crippen LogP contribution >= 0.6 is 0 Å². The molecule has 2 fully saturated rings. The summed E-state index contributed by atoms with van der Waals surface area (Å²) in [7, 11) is 1.70. The molecule has 0 unspecified atom stereocenters. The zero-order valence-electron chi connectivity index (χ0n) is 13.6. The lowest BCUT2D eigenvalue weighted by molar-refractivity contribution is -0.135. The molecule has 0 aromatic heterocycles. The first-order valence-corrected chi connectivity index (χ1v) is 8.37. The van der Waals surface area contributed by atoms with Crippen LogP contribution in [0.25, 0.3) is 0 Å². The molecule has 2 aliphatic rings. The molecule has 23 heavy (non-hydrogen) atoms. The Morgan fingerprint density at radius 2 is 2.00 bits per heavy atom. The van der Waals surface area contributed by atoms with Crippen molar-refractivity contribution < 1.29 is 14.3 Å². The summed E-state index contributed by atoms with van der Waals surface area (Å²) in [6, 6.07) is 7.84. The molecule has 1 atom stereocenters. The molecule has 3 rings (SSSR count). The second kappa shape index (κ2) is 7.02. The molecule has 0 radical (unpaired) electrons. The minimum Gasteiger partial charge on any atom is -0.496 e. The quantitative estimate of drug-likeness (QED) is 0.921. The van der Waals surface area contributed by atoms with Gasteiger partial charge in [-0.25, -0.2) is 0 Å². The van der Waals surface area contributed by atoms with Crippen LogP contribution in [-0.2, 0) is 16.0 Å². The van der Waals surface area contributed by atoms with E-state index in [1.807, 2.05) is 23.1 Å². The van der Waals surface area contributed by atoms with Gasteiger partial charge in [0.25, 0.3) is 0 Å². The molecule has 2 aliphatic heterocycles. The lowest BCUT2D eigenvalue weighted by Gasteiger charge is -2.33. The van der Waals surface area contributed by atoms with Crippen LogP contribution in [0.15, 0.2) is 24.3 Å². The third-order valence-electron chi connectivity index (χ3n) is 4.92. The monoisotopic (exact) mass is 316 g/mol. The van der Waals surface area contributed by atoms with Gasteiger partial charge in [-0.15, -0.1) is 0 Å². The van der Waals surface area contributed by atoms with Gasteiger partial charge < -0.3 is 15.0 Å². The second-order valence-corrected chi connectivity index (χ2v) is 6.44. The molecule has 2 amide bonds. The maximum absolute atomic E-state index is 12.4. The van der Waals surface area contributed by atoms with E-state index in [2.05, 4.69) is 11.4 Å². The zero-order valence-corrected chi connectivity index (χ0v) is 13.6. The predicted octanol–water partition coefficient (Wildman–Crippen LogP) is 1.75. The van der Waals surface area contributed by atoms with Crippen molar-refractivity contribution in [1.29, 1.82) is 0 Å². The third-order valence-corrected chi connectivity index (χ3v) is 4.92. The Balaban J connectivity index is 1.52. The normalized spacial score (nSPS) is 22.0. The van der Waals surface area contributed by atoms with Crippen LogP contribution in [0.4, 0.5) is 0 Å². The number of hydrogen-bond acceptors (Lipinski definition) is 3. The van der Waals surface area contributed by atoms with Gasteiger partial charge in [-0.2, -0.15) is 0 Å². The van der Waals surface area contributed by atoms with Crippen LogP contribution in [0.3, 0.4) is 0 Å². The van der Waals surface area contributed by atoms with E-state index in [0.717, 1.165) is 38.1 Å². The average molecular weight is 316 g/mol. The molecule has 124 valence electrons. The van der Waals surface area contributed by atoms with Gasteiger partial charge in [0.15, 0.2) is 0 Å². The van der Waals surface area contributed by atoms with Crippen LogP contribution in [0.5, 0.6) is 5.75 Å². The van der Waals surface area contributed by atoms with E-state index in [0.29, 0.717) is 18.8 Å². The zero-order chi connectivity index (χ0) is 16.2. The number of benzene rings is 1. The van der Waals surface area contributed by atoms with Gasteiger partial charge in [0.1, 0.15) is 11.8 Å². The van der Waals surface area contributed by atoms with E-state index in [1.165, 1.54) is 5.56 Å². The lowest BCUT2D eigenvalue weighted by atomic mass is 9.89. The number of rotatable bonds is 4. The van der Waals surface area contributed by atoms with E-state index in [1.54, 1.807) is 7.11 Å². The number of nitrogens with zero attached hydrogens (tertiary/aromatic N) is 1. The molecule has 0 aliphatic carbocycles. The fourth-order valence-electron chi connectivity index (χ4n) is 3.56. The number of carbonyl (C=O) groups excluding carboxylic acids is 2. The van der Waals surface area contributed by atoms with Crippen molar-refractivity contribution in [2.45, 2.75) is 38.1 Å². The summed E-state index contributed by atoms with van der Waals surface area (Å²) in [4.78, 5) is 25.6. The molecule has 5 nitrogen and oxygen atoms in total. The molecular weight excluding hydrogens is 292 g/mol. The summed E-state index contributed by atoms with van der Waals surface area (Å²) < 4.78 is 5.42. The summed E-state index contributed by atoms with van der Waals surface area (Å²) in [5, 5.41) is 2.77. The number of likely N-dealkylation sites (tertiary alicyclic amines) is 1. The van der Waals surface area contributed by atoms with Gasteiger partial charge >= 0.3 is 0 Å². The van der Waals surface area contributed by atoms with Crippen molar-refractivity contribution in [1.82, 2.24) is 10.2 Å². The number of carbonyl (C=O) groups is 2. The van der Waals surface area contributed by atoms with Crippen molar-refractivity contribution in [3.05, 3.63) is 29.8 Å². The van der Waals surface area contributed by atoms with Crippen LogP contribution in [0.2, 0.25) is 0 Å². The Bertz CT molecular complexity index is 579. The van der Waals surface area contributed by atoms with Crippen molar-refractivity contribution in [3.8, 4) is 5.75 Å². The number of nitrogens with one attached hydrogen (secondary N) is 1. The van der Waals surface area contributed by atoms with E-state index in [-0.39, 0.29) is 17.9 Å². The number of hydrogen-bond donors (Lipinski definition) is 1. The summed E-state index contributed by atoms with van der Waals surface area (Å²) in [5.74, 6) is 1.61. The highest BCUT2D eigenvalue weighted by Gasteiger charge is 2.32. The van der Waals surface area contributed by atoms with Crippen molar-refractivity contribution >= 4 is 11.8 Å². The van der Waals surface area contributed by atoms with E-state index in [4.69, 9.17) is 4.74 Å². The number of para-hydroxylation sites is 1. The van der Waals surface area contributed by atoms with Gasteiger partial charge in [-0.05, 0) is 43.2 Å². The Labute approximate surface area is 137 Å².